The number of nitrogens with one attached hydrogen (secondary N) is 2. The van der Waals surface area contributed by atoms with E-state index in [1.807, 2.05) is 6.92 Å². The predicted octanol–water partition coefficient (Wildman–Crippen LogP) is 4.35. The van der Waals surface area contributed by atoms with E-state index in [0.717, 1.165) is 6.42 Å². The molecule has 0 spiro atoms. The van der Waals surface area contributed by atoms with Gasteiger partial charge in [-0.05, 0) is 42.8 Å². The molecule has 2 amide bonds. The summed E-state index contributed by atoms with van der Waals surface area (Å²) in [6.45, 7) is 2.37. The number of aromatic nitrogens is 3. The Labute approximate surface area is 216 Å². The summed E-state index contributed by atoms with van der Waals surface area (Å²) in [6, 6.07) is 11.2. The van der Waals surface area contributed by atoms with Crippen molar-refractivity contribution in [2.75, 3.05) is 17.7 Å². The third-order valence-corrected chi connectivity index (χ3v) is 6.23. The van der Waals surface area contributed by atoms with E-state index in [1.165, 1.54) is 17.8 Å². The Bertz CT molecular complexity index is 1230. The number of amides is 2. The average Bonchev–Trinajstić information content (AvgIpc) is 3.19. The van der Waals surface area contributed by atoms with Gasteiger partial charge < -0.3 is 19.9 Å². The summed E-state index contributed by atoms with van der Waals surface area (Å²) >= 11 is 13.1. The number of rotatable bonds is 10. The Morgan fingerprint density at radius 1 is 1.11 bits per heavy atom. The van der Waals surface area contributed by atoms with Gasteiger partial charge in [-0.1, -0.05) is 48.0 Å². The first-order valence-electron chi connectivity index (χ1n) is 10.6. The summed E-state index contributed by atoms with van der Waals surface area (Å²) in [5.74, 6) is -0.504. The van der Waals surface area contributed by atoms with E-state index in [-0.39, 0.29) is 29.1 Å². The summed E-state index contributed by atoms with van der Waals surface area (Å²) in [5, 5.41) is 14.8. The molecule has 2 aromatic carbocycles. The summed E-state index contributed by atoms with van der Waals surface area (Å²) in [5.41, 5.74) is 1.15. The highest BCUT2D eigenvalue weighted by atomic mass is 35.5. The van der Waals surface area contributed by atoms with Crippen molar-refractivity contribution in [3.8, 4) is 0 Å². The lowest BCUT2D eigenvalue weighted by atomic mass is 10.2. The second-order valence-electron chi connectivity index (χ2n) is 7.32. The highest BCUT2D eigenvalue weighted by molar-refractivity contribution is 7.99. The maximum absolute atomic E-state index is 12.4. The van der Waals surface area contributed by atoms with Gasteiger partial charge >= 0.3 is 5.97 Å². The van der Waals surface area contributed by atoms with Crippen LogP contribution in [0.15, 0.2) is 47.6 Å². The monoisotopic (exact) mass is 535 g/mol. The number of carbonyl (C=O) groups is 3. The lowest BCUT2D eigenvalue weighted by Gasteiger charge is -2.08. The van der Waals surface area contributed by atoms with Crippen LogP contribution in [0, 0.1) is 0 Å². The number of halogens is 2. The molecule has 0 aliphatic rings. The molecular formula is C23H23Cl2N5O4S. The van der Waals surface area contributed by atoms with Gasteiger partial charge in [-0.2, -0.15) is 0 Å². The SMILES string of the molecule is CCCOC(=O)c1cccc(NC(=O)CSc2nnc(CNC(=O)c3ccc(Cl)cc3Cl)n2C)c1. The van der Waals surface area contributed by atoms with Gasteiger partial charge in [0.15, 0.2) is 11.0 Å². The fourth-order valence-corrected chi connectivity index (χ4v) is 4.11. The number of thioether (sulfide) groups is 1. The van der Waals surface area contributed by atoms with E-state index in [1.54, 1.807) is 48.0 Å². The second kappa shape index (κ2) is 12.6. The van der Waals surface area contributed by atoms with Crippen molar-refractivity contribution >= 4 is 58.4 Å². The molecule has 0 radical (unpaired) electrons. The molecule has 0 bridgehead atoms. The second-order valence-corrected chi connectivity index (χ2v) is 9.10. The molecule has 1 heterocycles. The van der Waals surface area contributed by atoms with Gasteiger partial charge in [-0.25, -0.2) is 4.79 Å². The molecule has 0 saturated heterocycles. The van der Waals surface area contributed by atoms with Gasteiger partial charge in [-0.15, -0.1) is 10.2 Å². The summed E-state index contributed by atoms with van der Waals surface area (Å²) in [4.78, 5) is 36.8. The number of esters is 1. The summed E-state index contributed by atoms with van der Waals surface area (Å²) in [7, 11) is 1.74. The minimum atomic E-state index is -0.436. The Balaban J connectivity index is 1.52. The van der Waals surface area contributed by atoms with Crippen LogP contribution in [-0.2, 0) is 23.1 Å². The minimum absolute atomic E-state index is 0.0726. The van der Waals surface area contributed by atoms with Crippen LogP contribution in [0.1, 0.15) is 39.9 Å². The van der Waals surface area contributed by atoms with Crippen LogP contribution in [0.2, 0.25) is 10.0 Å². The first-order chi connectivity index (χ1) is 16.8. The molecule has 9 nitrogen and oxygen atoms in total. The molecule has 184 valence electrons. The zero-order valence-corrected chi connectivity index (χ0v) is 21.3. The number of ether oxygens (including phenoxy) is 1. The molecule has 0 fully saturated rings. The average molecular weight is 536 g/mol. The van der Waals surface area contributed by atoms with Crippen molar-refractivity contribution in [3.05, 3.63) is 69.5 Å². The smallest absolute Gasteiger partial charge is 0.338 e. The van der Waals surface area contributed by atoms with Crippen LogP contribution in [0.25, 0.3) is 0 Å². The van der Waals surface area contributed by atoms with Gasteiger partial charge in [0.25, 0.3) is 5.91 Å². The third kappa shape index (κ3) is 7.45. The number of hydrogen-bond donors (Lipinski definition) is 2. The minimum Gasteiger partial charge on any atom is -0.462 e. The topological polar surface area (TPSA) is 115 Å². The van der Waals surface area contributed by atoms with E-state index < -0.39 is 5.97 Å². The van der Waals surface area contributed by atoms with E-state index in [9.17, 15) is 14.4 Å². The highest BCUT2D eigenvalue weighted by Gasteiger charge is 2.15. The van der Waals surface area contributed by atoms with E-state index in [4.69, 9.17) is 27.9 Å². The largest absolute Gasteiger partial charge is 0.462 e. The van der Waals surface area contributed by atoms with Crippen LogP contribution in [-0.4, -0.2) is 44.9 Å². The van der Waals surface area contributed by atoms with Crippen LogP contribution in [0.4, 0.5) is 5.69 Å². The van der Waals surface area contributed by atoms with Gasteiger partial charge in [-0.3, -0.25) is 9.59 Å². The van der Waals surface area contributed by atoms with E-state index in [0.29, 0.717) is 39.4 Å². The number of nitrogens with zero attached hydrogens (tertiary/aromatic N) is 3. The van der Waals surface area contributed by atoms with Gasteiger partial charge in [0.05, 0.1) is 35.1 Å². The van der Waals surface area contributed by atoms with Crippen molar-refractivity contribution in [1.82, 2.24) is 20.1 Å². The quantitative estimate of drug-likeness (QED) is 0.293. The molecule has 0 unspecified atom stereocenters. The fraction of sp³-hybridized carbons (Fsp3) is 0.261. The first kappa shape index (κ1) is 26.5. The Hall–Kier alpha value is -3.08. The Morgan fingerprint density at radius 2 is 1.91 bits per heavy atom. The molecule has 3 aromatic rings. The number of carbonyl (C=O) groups excluding carboxylic acids is 3. The molecule has 0 atom stereocenters. The van der Waals surface area contributed by atoms with Crippen molar-refractivity contribution in [2.24, 2.45) is 7.05 Å². The lowest BCUT2D eigenvalue weighted by Crippen LogP contribution is -2.24. The van der Waals surface area contributed by atoms with Crippen LogP contribution in [0.3, 0.4) is 0 Å². The van der Waals surface area contributed by atoms with Gasteiger partial charge in [0.1, 0.15) is 0 Å². The highest BCUT2D eigenvalue weighted by Crippen LogP contribution is 2.21. The number of hydrogen-bond acceptors (Lipinski definition) is 7. The molecule has 12 heteroatoms. The normalized spacial score (nSPS) is 10.6. The van der Waals surface area contributed by atoms with Crippen LogP contribution in [0.5, 0.6) is 0 Å². The summed E-state index contributed by atoms with van der Waals surface area (Å²) < 4.78 is 6.80. The number of anilines is 1. The zero-order valence-electron chi connectivity index (χ0n) is 19.0. The molecule has 1 aromatic heterocycles. The molecule has 0 aliphatic carbocycles. The molecule has 0 saturated carbocycles. The molecule has 3 rings (SSSR count). The fourth-order valence-electron chi connectivity index (χ4n) is 2.88. The molecule has 2 N–H and O–H groups in total. The first-order valence-corrected chi connectivity index (χ1v) is 12.3. The maximum atomic E-state index is 12.4. The standard InChI is InChI=1S/C23H23Cl2N5O4S/c1-3-9-34-22(33)14-5-4-6-16(10-14)27-20(31)13-35-23-29-28-19(30(23)2)12-26-21(32)17-8-7-15(24)11-18(17)25/h4-8,10-11H,3,9,12-13H2,1-2H3,(H,26,32)(H,27,31). The molecule has 0 aliphatic heterocycles. The predicted molar refractivity (Wildman–Crippen MR) is 135 cm³/mol. The van der Waals surface area contributed by atoms with Gasteiger partial charge in [0.2, 0.25) is 5.91 Å². The van der Waals surface area contributed by atoms with Crippen molar-refractivity contribution in [3.63, 3.8) is 0 Å². The van der Waals surface area contributed by atoms with Crippen LogP contribution < -0.4 is 10.6 Å². The zero-order chi connectivity index (χ0) is 25.4. The molecular weight excluding hydrogens is 513 g/mol. The van der Waals surface area contributed by atoms with Crippen molar-refractivity contribution in [2.45, 2.75) is 25.0 Å². The maximum Gasteiger partial charge on any atom is 0.338 e. The van der Waals surface area contributed by atoms with Crippen molar-refractivity contribution in [1.29, 1.82) is 0 Å². The van der Waals surface area contributed by atoms with Crippen molar-refractivity contribution < 1.29 is 19.1 Å². The number of benzene rings is 2. The van der Waals surface area contributed by atoms with Crippen LogP contribution >= 0.6 is 35.0 Å². The van der Waals surface area contributed by atoms with E-state index >= 15 is 0 Å². The Morgan fingerprint density at radius 3 is 2.66 bits per heavy atom. The summed E-state index contributed by atoms with van der Waals surface area (Å²) in [6.07, 6.45) is 0.728. The van der Waals surface area contributed by atoms with E-state index in [2.05, 4.69) is 20.8 Å². The third-order valence-electron chi connectivity index (χ3n) is 4.66. The van der Waals surface area contributed by atoms with Gasteiger partial charge in [0, 0.05) is 17.8 Å². The lowest BCUT2D eigenvalue weighted by molar-refractivity contribution is -0.113. The Kier molecular flexibility index (Phi) is 9.53. The molecule has 35 heavy (non-hydrogen) atoms.